The van der Waals surface area contributed by atoms with Gasteiger partial charge < -0.3 is 10.3 Å². The van der Waals surface area contributed by atoms with Crippen molar-refractivity contribution in [2.24, 2.45) is 0 Å². The molecule has 0 saturated carbocycles. The molecule has 1 aliphatic heterocycles. The fourth-order valence-electron chi connectivity index (χ4n) is 1.78. The zero-order chi connectivity index (χ0) is 11.6. The number of H-pyrrole nitrogens is 1. The second kappa shape index (κ2) is 4.80. The molecule has 1 unspecified atom stereocenters. The maximum absolute atomic E-state index is 4.48. The van der Waals surface area contributed by atoms with Crippen LogP contribution in [0.15, 0.2) is 6.20 Å². The monoisotopic (exact) mass is 239 g/mol. The maximum Gasteiger partial charge on any atom is 0.119 e. The fourth-order valence-corrected chi connectivity index (χ4v) is 3.01. The Balaban J connectivity index is 1.91. The summed E-state index contributed by atoms with van der Waals surface area (Å²) in [7, 11) is 0. The van der Waals surface area contributed by atoms with Crippen LogP contribution >= 0.6 is 11.8 Å². The van der Waals surface area contributed by atoms with E-state index in [9.17, 15) is 0 Å². The second-order valence-electron chi connectivity index (χ2n) is 5.40. The molecule has 1 saturated heterocycles. The van der Waals surface area contributed by atoms with Crippen molar-refractivity contribution in [3.63, 3.8) is 0 Å². The minimum absolute atomic E-state index is 0.160. The van der Waals surface area contributed by atoms with Crippen molar-refractivity contribution in [1.82, 2.24) is 15.3 Å². The lowest BCUT2D eigenvalue weighted by Crippen LogP contribution is -2.35. The molecule has 0 spiro atoms. The minimum atomic E-state index is 0.160. The van der Waals surface area contributed by atoms with Crippen LogP contribution in [0.4, 0.5) is 0 Å². The number of thioether (sulfide) groups is 1. The van der Waals surface area contributed by atoms with Crippen molar-refractivity contribution >= 4 is 11.8 Å². The number of hydrogen-bond donors (Lipinski definition) is 2. The van der Waals surface area contributed by atoms with Crippen molar-refractivity contribution in [2.45, 2.75) is 50.9 Å². The van der Waals surface area contributed by atoms with Crippen LogP contribution in [0.1, 0.15) is 50.4 Å². The van der Waals surface area contributed by atoms with Gasteiger partial charge in [0.05, 0.1) is 5.25 Å². The summed E-state index contributed by atoms with van der Waals surface area (Å²) in [6.07, 6.45) is 4.56. The number of nitrogens with one attached hydrogen (secondary N) is 2. The molecule has 0 bridgehead atoms. The summed E-state index contributed by atoms with van der Waals surface area (Å²) < 4.78 is 0. The van der Waals surface area contributed by atoms with Crippen LogP contribution in [0.5, 0.6) is 0 Å². The molecule has 0 aromatic carbocycles. The van der Waals surface area contributed by atoms with Gasteiger partial charge in [-0.05, 0) is 39.4 Å². The van der Waals surface area contributed by atoms with E-state index in [4.69, 9.17) is 0 Å². The molecule has 90 valence electrons. The highest BCUT2D eigenvalue weighted by atomic mass is 32.2. The van der Waals surface area contributed by atoms with Gasteiger partial charge in [0.2, 0.25) is 0 Å². The van der Waals surface area contributed by atoms with Gasteiger partial charge in [-0.2, -0.15) is 11.8 Å². The third-order valence-corrected chi connectivity index (χ3v) is 4.08. The van der Waals surface area contributed by atoms with E-state index in [-0.39, 0.29) is 5.54 Å². The summed E-state index contributed by atoms with van der Waals surface area (Å²) in [5, 5.41) is 4.06. The Morgan fingerprint density at radius 1 is 1.56 bits per heavy atom. The first kappa shape index (κ1) is 12.0. The summed E-state index contributed by atoms with van der Waals surface area (Å²) >= 11 is 2.02. The summed E-state index contributed by atoms with van der Waals surface area (Å²) in [6, 6.07) is 0. The Hall–Kier alpha value is -0.480. The van der Waals surface area contributed by atoms with Crippen molar-refractivity contribution in [3.05, 3.63) is 17.7 Å². The zero-order valence-corrected chi connectivity index (χ0v) is 11.2. The Labute approximate surface area is 102 Å². The van der Waals surface area contributed by atoms with Crippen LogP contribution in [0.25, 0.3) is 0 Å². The number of aromatic amines is 1. The number of aromatic nitrogens is 2. The van der Waals surface area contributed by atoms with Gasteiger partial charge >= 0.3 is 0 Å². The van der Waals surface area contributed by atoms with Gasteiger partial charge in [-0.25, -0.2) is 4.98 Å². The second-order valence-corrected chi connectivity index (χ2v) is 6.71. The normalized spacial score (nSPS) is 21.6. The Bertz CT molecular complexity index is 334. The molecule has 2 heterocycles. The third-order valence-electron chi connectivity index (χ3n) is 2.69. The van der Waals surface area contributed by atoms with Crippen molar-refractivity contribution in [1.29, 1.82) is 0 Å². The van der Waals surface area contributed by atoms with E-state index in [1.165, 1.54) is 24.3 Å². The van der Waals surface area contributed by atoms with E-state index >= 15 is 0 Å². The molecule has 0 amide bonds. The first-order valence-electron chi connectivity index (χ1n) is 5.95. The largest absolute Gasteiger partial charge is 0.344 e. The average molecular weight is 239 g/mol. The lowest BCUT2D eigenvalue weighted by molar-refractivity contribution is 0.421. The Morgan fingerprint density at radius 3 is 3.00 bits per heavy atom. The van der Waals surface area contributed by atoms with E-state index in [0.717, 1.165) is 12.4 Å². The van der Waals surface area contributed by atoms with Crippen molar-refractivity contribution in [3.8, 4) is 0 Å². The summed E-state index contributed by atoms with van der Waals surface area (Å²) in [5.74, 6) is 2.44. The molecule has 1 aromatic rings. The molecule has 0 aliphatic carbocycles. The number of imidazole rings is 1. The van der Waals surface area contributed by atoms with Gasteiger partial charge in [-0.1, -0.05) is 0 Å². The van der Waals surface area contributed by atoms with Crippen LogP contribution in [-0.4, -0.2) is 21.3 Å². The molecule has 1 aliphatic rings. The number of nitrogens with zero attached hydrogens (tertiary/aromatic N) is 1. The number of hydrogen-bond acceptors (Lipinski definition) is 3. The van der Waals surface area contributed by atoms with Gasteiger partial charge in [0.1, 0.15) is 5.82 Å². The molecule has 2 rings (SSSR count). The highest BCUT2D eigenvalue weighted by Gasteiger charge is 2.20. The van der Waals surface area contributed by atoms with Gasteiger partial charge in [-0.3, -0.25) is 0 Å². The molecule has 3 nitrogen and oxygen atoms in total. The predicted molar refractivity (Wildman–Crippen MR) is 69.6 cm³/mol. The van der Waals surface area contributed by atoms with Gasteiger partial charge in [0.25, 0.3) is 0 Å². The Morgan fingerprint density at radius 2 is 2.38 bits per heavy atom. The van der Waals surface area contributed by atoms with E-state index in [0.29, 0.717) is 5.25 Å². The Kier molecular flexibility index (Phi) is 3.60. The molecule has 4 heteroatoms. The van der Waals surface area contributed by atoms with Crippen LogP contribution in [-0.2, 0) is 6.54 Å². The summed E-state index contributed by atoms with van der Waals surface area (Å²) in [6.45, 7) is 7.40. The van der Waals surface area contributed by atoms with Crippen molar-refractivity contribution < 1.29 is 0 Å². The lowest BCUT2D eigenvalue weighted by Gasteiger charge is -2.19. The molecule has 1 fully saturated rings. The molecule has 1 aromatic heterocycles. The maximum atomic E-state index is 4.48. The SMILES string of the molecule is CC(C)(C)NCc1cnc(C2CCCS2)[nH]1. The molecular weight excluding hydrogens is 218 g/mol. The molecule has 16 heavy (non-hydrogen) atoms. The summed E-state index contributed by atoms with van der Waals surface area (Å²) in [4.78, 5) is 7.92. The smallest absolute Gasteiger partial charge is 0.119 e. The topological polar surface area (TPSA) is 40.7 Å². The number of rotatable bonds is 3. The van der Waals surface area contributed by atoms with Crippen LogP contribution < -0.4 is 5.32 Å². The highest BCUT2D eigenvalue weighted by Crippen LogP contribution is 2.38. The van der Waals surface area contributed by atoms with Crippen LogP contribution in [0, 0.1) is 0 Å². The average Bonchev–Trinajstić information content (AvgIpc) is 2.84. The highest BCUT2D eigenvalue weighted by molar-refractivity contribution is 7.99. The third kappa shape index (κ3) is 3.25. The van der Waals surface area contributed by atoms with Crippen LogP contribution in [0.3, 0.4) is 0 Å². The summed E-state index contributed by atoms with van der Waals surface area (Å²) in [5.41, 5.74) is 1.35. The molecule has 1 atom stereocenters. The molecule has 2 N–H and O–H groups in total. The van der Waals surface area contributed by atoms with Gasteiger partial charge in [0.15, 0.2) is 0 Å². The first-order chi connectivity index (χ1) is 7.54. The zero-order valence-electron chi connectivity index (χ0n) is 10.3. The fraction of sp³-hybridized carbons (Fsp3) is 0.750. The van der Waals surface area contributed by atoms with Crippen molar-refractivity contribution in [2.75, 3.05) is 5.75 Å². The lowest BCUT2D eigenvalue weighted by atomic mass is 10.1. The van der Waals surface area contributed by atoms with E-state index in [1.54, 1.807) is 0 Å². The predicted octanol–water partition coefficient (Wildman–Crippen LogP) is 2.87. The van der Waals surface area contributed by atoms with Gasteiger partial charge in [0, 0.05) is 24.0 Å². The van der Waals surface area contributed by atoms with Gasteiger partial charge in [-0.15, -0.1) is 0 Å². The minimum Gasteiger partial charge on any atom is -0.344 e. The molecule has 0 radical (unpaired) electrons. The molecular formula is C12H21N3S. The first-order valence-corrected chi connectivity index (χ1v) is 7.00. The standard InChI is InChI=1S/C12H21N3S/c1-12(2,3)14-8-9-7-13-11(15-9)10-5-4-6-16-10/h7,10,14H,4-6,8H2,1-3H3,(H,13,15). The van der Waals surface area contributed by atoms with E-state index in [1.807, 2.05) is 18.0 Å². The van der Waals surface area contributed by atoms with E-state index < -0.39 is 0 Å². The van der Waals surface area contributed by atoms with Crippen LogP contribution in [0.2, 0.25) is 0 Å². The van der Waals surface area contributed by atoms with E-state index in [2.05, 4.69) is 36.1 Å². The quantitative estimate of drug-likeness (QED) is 0.852.